The topological polar surface area (TPSA) is 12.9 Å². The summed E-state index contributed by atoms with van der Waals surface area (Å²) in [4.78, 5) is 3.95. The van der Waals surface area contributed by atoms with E-state index in [-0.39, 0.29) is 0 Å². The lowest BCUT2D eigenvalue weighted by atomic mass is 10.1. The first-order chi connectivity index (χ1) is 7.75. The summed E-state index contributed by atoms with van der Waals surface area (Å²) in [6.45, 7) is 6.07. The predicted octanol–water partition coefficient (Wildman–Crippen LogP) is 4.74. The highest BCUT2D eigenvalue weighted by atomic mass is 35.5. The maximum atomic E-state index is 5.81. The van der Waals surface area contributed by atoms with Gasteiger partial charge in [-0.1, -0.05) is 55.3 Å². The molecule has 2 aromatic rings. The van der Waals surface area contributed by atoms with E-state index in [1.165, 1.54) is 11.1 Å². The zero-order chi connectivity index (χ0) is 12.0. The summed E-state index contributed by atoms with van der Waals surface area (Å²) in [6.07, 6.45) is 1.72. The molecule has 0 aliphatic heterocycles. The number of aromatic nitrogens is 1. The number of pyridine rings is 1. The Labute approximate surface area is 102 Å². The van der Waals surface area contributed by atoms with Gasteiger partial charge in [0.25, 0.3) is 0 Å². The molecule has 16 heavy (non-hydrogen) atoms. The zero-order valence-corrected chi connectivity index (χ0v) is 10.6. The highest BCUT2D eigenvalue weighted by Crippen LogP contribution is 2.21. The van der Waals surface area contributed by atoms with E-state index in [2.05, 4.69) is 36.2 Å². The second kappa shape index (κ2) is 6.29. The Balaban J connectivity index is 0.000000606. The van der Waals surface area contributed by atoms with Gasteiger partial charge in [-0.15, -0.1) is 0 Å². The monoisotopic (exact) mass is 233 g/mol. The number of rotatable bonds is 1. The molecule has 0 spiro atoms. The van der Waals surface area contributed by atoms with Gasteiger partial charge in [-0.2, -0.15) is 0 Å². The lowest BCUT2D eigenvalue weighted by Crippen LogP contribution is -1.80. The standard InChI is InChI=1S/C12H10ClN.C2H6/c1-9-2-4-10(5-3-9)11-6-7-14-12(13)8-11;1-2/h2-8H,1H3;1-2H3. The molecule has 84 valence electrons. The van der Waals surface area contributed by atoms with Gasteiger partial charge >= 0.3 is 0 Å². The van der Waals surface area contributed by atoms with Gasteiger partial charge in [0, 0.05) is 6.20 Å². The minimum absolute atomic E-state index is 0.531. The molecule has 0 aliphatic rings. The molecule has 0 saturated heterocycles. The lowest BCUT2D eigenvalue weighted by molar-refractivity contribution is 1.33. The van der Waals surface area contributed by atoms with E-state index in [1.54, 1.807) is 6.20 Å². The molecule has 0 radical (unpaired) electrons. The molecule has 0 aliphatic carbocycles. The van der Waals surface area contributed by atoms with E-state index in [9.17, 15) is 0 Å². The second-order valence-corrected chi connectivity index (χ2v) is 3.62. The molecule has 1 aromatic carbocycles. The van der Waals surface area contributed by atoms with Gasteiger partial charge in [0.1, 0.15) is 5.15 Å². The molecular formula is C14H16ClN. The summed E-state index contributed by atoms with van der Waals surface area (Å²) >= 11 is 5.81. The summed E-state index contributed by atoms with van der Waals surface area (Å²) in [5, 5.41) is 0.531. The molecule has 1 heterocycles. The Morgan fingerprint density at radius 1 is 0.938 bits per heavy atom. The Morgan fingerprint density at radius 3 is 2.12 bits per heavy atom. The number of benzene rings is 1. The summed E-state index contributed by atoms with van der Waals surface area (Å²) in [5.74, 6) is 0. The fourth-order valence-electron chi connectivity index (χ4n) is 1.33. The van der Waals surface area contributed by atoms with Crippen molar-refractivity contribution in [2.75, 3.05) is 0 Å². The number of hydrogen-bond acceptors (Lipinski definition) is 1. The third kappa shape index (κ3) is 3.35. The van der Waals surface area contributed by atoms with Gasteiger partial charge < -0.3 is 0 Å². The van der Waals surface area contributed by atoms with Crippen molar-refractivity contribution in [3.63, 3.8) is 0 Å². The number of aryl methyl sites for hydroxylation is 1. The molecule has 0 N–H and O–H groups in total. The van der Waals surface area contributed by atoms with Crippen LogP contribution in [0.25, 0.3) is 11.1 Å². The minimum Gasteiger partial charge on any atom is -0.245 e. The molecule has 0 saturated carbocycles. The quantitative estimate of drug-likeness (QED) is 0.649. The van der Waals surface area contributed by atoms with Crippen LogP contribution >= 0.6 is 11.6 Å². The number of nitrogens with zero attached hydrogens (tertiary/aromatic N) is 1. The molecule has 0 atom stereocenters. The van der Waals surface area contributed by atoms with Crippen molar-refractivity contribution >= 4 is 11.6 Å². The first-order valence-corrected chi connectivity index (χ1v) is 5.82. The first kappa shape index (κ1) is 12.7. The molecule has 0 bridgehead atoms. The fraction of sp³-hybridized carbons (Fsp3) is 0.214. The van der Waals surface area contributed by atoms with Crippen molar-refractivity contribution in [2.45, 2.75) is 20.8 Å². The smallest absolute Gasteiger partial charge is 0.129 e. The highest BCUT2D eigenvalue weighted by Gasteiger charge is 1.97. The van der Waals surface area contributed by atoms with Crippen LogP contribution in [0.4, 0.5) is 0 Å². The van der Waals surface area contributed by atoms with E-state index < -0.39 is 0 Å². The summed E-state index contributed by atoms with van der Waals surface area (Å²) in [5.41, 5.74) is 3.53. The molecular weight excluding hydrogens is 218 g/mol. The van der Waals surface area contributed by atoms with Gasteiger partial charge in [0.05, 0.1) is 0 Å². The van der Waals surface area contributed by atoms with Crippen LogP contribution in [0, 0.1) is 6.92 Å². The highest BCUT2D eigenvalue weighted by molar-refractivity contribution is 6.29. The summed E-state index contributed by atoms with van der Waals surface area (Å²) < 4.78 is 0. The van der Waals surface area contributed by atoms with Crippen LogP contribution in [0.3, 0.4) is 0 Å². The van der Waals surface area contributed by atoms with Crippen LogP contribution in [0.5, 0.6) is 0 Å². The van der Waals surface area contributed by atoms with Gasteiger partial charge in [-0.05, 0) is 30.2 Å². The van der Waals surface area contributed by atoms with E-state index in [0.29, 0.717) is 5.15 Å². The van der Waals surface area contributed by atoms with Gasteiger partial charge in [0.15, 0.2) is 0 Å². The Bertz CT molecular complexity index is 435. The average molecular weight is 234 g/mol. The molecule has 1 nitrogen and oxygen atoms in total. The van der Waals surface area contributed by atoms with E-state index in [1.807, 2.05) is 26.0 Å². The third-order valence-electron chi connectivity index (χ3n) is 2.11. The van der Waals surface area contributed by atoms with Crippen LogP contribution < -0.4 is 0 Å². The molecule has 0 fully saturated rings. The molecule has 0 unspecified atom stereocenters. The normalized spacial score (nSPS) is 9.25. The minimum atomic E-state index is 0.531. The average Bonchev–Trinajstić information content (AvgIpc) is 2.32. The van der Waals surface area contributed by atoms with Crippen LogP contribution in [0.2, 0.25) is 5.15 Å². The van der Waals surface area contributed by atoms with Gasteiger partial charge in [0.2, 0.25) is 0 Å². The molecule has 1 aromatic heterocycles. The predicted molar refractivity (Wildman–Crippen MR) is 70.8 cm³/mol. The Morgan fingerprint density at radius 2 is 1.56 bits per heavy atom. The maximum Gasteiger partial charge on any atom is 0.129 e. The molecule has 2 rings (SSSR count). The number of hydrogen-bond donors (Lipinski definition) is 0. The summed E-state index contributed by atoms with van der Waals surface area (Å²) in [7, 11) is 0. The van der Waals surface area contributed by atoms with Crippen LogP contribution in [-0.4, -0.2) is 4.98 Å². The zero-order valence-electron chi connectivity index (χ0n) is 9.87. The second-order valence-electron chi connectivity index (χ2n) is 3.23. The van der Waals surface area contributed by atoms with Crippen LogP contribution in [-0.2, 0) is 0 Å². The van der Waals surface area contributed by atoms with Gasteiger partial charge in [-0.25, -0.2) is 4.98 Å². The molecule has 0 amide bonds. The largest absolute Gasteiger partial charge is 0.245 e. The SMILES string of the molecule is CC.Cc1ccc(-c2ccnc(Cl)c2)cc1. The van der Waals surface area contributed by atoms with Crippen molar-refractivity contribution in [2.24, 2.45) is 0 Å². The maximum absolute atomic E-state index is 5.81. The van der Waals surface area contributed by atoms with Crippen molar-refractivity contribution in [1.82, 2.24) is 4.98 Å². The van der Waals surface area contributed by atoms with Crippen LogP contribution in [0.1, 0.15) is 19.4 Å². The van der Waals surface area contributed by atoms with E-state index >= 15 is 0 Å². The lowest BCUT2D eigenvalue weighted by Gasteiger charge is -2.01. The Kier molecular flexibility index (Phi) is 5.00. The van der Waals surface area contributed by atoms with Gasteiger partial charge in [-0.3, -0.25) is 0 Å². The van der Waals surface area contributed by atoms with Crippen molar-refractivity contribution < 1.29 is 0 Å². The molecule has 2 heteroatoms. The number of halogens is 1. The third-order valence-corrected chi connectivity index (χ3v) is 2.32. The van der Waals surface area contributed by atoms with Crippen molar-refractivity contribution in [3.8, 4) is 11.1 Å². The first-order valence-electron chi connectivity index (χ1n) is 5.44. The summed E-state index contributed by atoms with van der Waals surface area (Å²) in [6, 6.07) is 12.2. The van der Waals surface area contributed by atoms with Crippen molar-refractivity contribution in [1.29, 1.82) is 0 Å². The fourth-order valence-corrected chi connectivity index (χ4v) is 1.50. The van der Waals surface area contributed by atoms with Crippen LogP contribution in [0.15, 0.2) is 42.6 Å². The van der Waals surface area contributed by atoms with E-state index in [4.69, 9.17) is 11.6 Å². The van der Waals surface area contributed by atoms with Crippen molar-refractivity contribution in [3.05, 3.63) is 53.3 Å². The van der Waals surface area contributed by atoms with E-state index in [0.717, 1.165) is 5.56 Å². The Hall–Kier alpha value is -1.34.